The van der Waals surface area contributed by atoms with Crippen molar-refractivity contribution >= 4 is 23.3 Å². The van der Waals surface area contributed by atoms with E-state index in [9.17, 15) is 14.4 Å². The van der Waals surface area contributed by atoms with Crippen molar-refractivity contribution in [3.05, 3.63) is 29.8 Å². The van der Waals surface area contributed by atoms with Crippen molar-refractivity contribution in [3.63, 3.8) is 0 Å². The quantitative estimate of drug-likeness (QED) is 0.869. The van der Waals surface area contributed by atoms with Gasteiger partial charge in [0, 0.05) is 24.6 Å². The van der Waals surface area contributed by atoms with Crippen LogP contribution in [0.2, 0.25) is 0 Å². The zero-order valence-electron chi connectivity index (χ0n) is 13.4. The molecule has 1 aliphatic carbocycles. The molecule has 2 aliphatic rings. The van der Waals surface area contributed by atoms with Gasteiger partial charge in [-0.25, -0.2) is 0 Å². The summed E-state index contributed by atoms with van der Waals surface area (Å²) in [4.78, 5) is 38.2. The standard InChI is InChI=1S/C18H22N2O3/c1-12(21)15-8-4-5-9-16(15)19-18(23)13-10-17(22)20(11-13)14-6-2-3-7-14/h4-5,8-9,13-14H,2-3,6-7,10-11H2,1H3,(H,19,23)/t13-/m0/s1. The van der Waals surface area contributed by atoms with E-state index in [1.54, 1.807) is 24.3 Å². The lowest BCUT2D eigenvalue weighted by Crippen LogP contribution is -2.35. The second-order valence-electron chi connectivity index (χ2n) is 6.48. The van der Waals surface area contributed by atoms with Crippen LogP contribution in [0.15, 0.2) is 24.3 Å². The Bertz CT molecular complexity index is 635. The second-order valence-corrected chi connectivity index (χ2v) is 6.48. The van der Waals surface area contributed by atoms with Crippen molar-refractivity contribution < 1.29 is 14.4 Å². The Balaban J connectivity index is 1.67. The molecule has 0 aromatic heterocycles. The monoisotopic (exact) mass is 314 g/mol. The Hall–Kier alpha value is -2.17. The molecule has 23 heavy (non-hydrogen) atoms. The van der Waals surface area contributed by atoms with Gasteiger partial charge in [0.1, 0.15) is 0 Å². The van der Waals surface area contributed by atoms with Crippen molar-refractivity contribution in [1.82, 2.24) is 4.90 Å². The minimum Gasteiger partial charge on any atom is -0.339 e. The third kappa shape index (κ3) is 3.28. The average Bonchev–Trinajstić information content (AvgIpc) is 3.16. The molecule has 0 spiro atoms. The van der Waals surface area contributed by atoms with Crippen LogP contribution in [0.1, 0.15) is 49.4 Å². The number of ketones is 1. The molecule has 3 rings (SSSR count). The molecule has 0 unspecified atom stereocenters. The van der Waals surface area contributed by atoms with Crippen molar-refractivity contribution in [1.29, 1.82) is 0 Å². The molecule has 0 bridgehead atoms. The van der Waals surface area contributed by atoms with Gasteiger partial charge in [0.2, 0.25) is 11.8 Å². The summed E-state index contributed by atoms with van der Waals surface area (Å²) in [6, 6.07) is 7.28. The van der Waals surface area contributed by atoms with Gasteiger partial charge in [-0.15, -0.1) is 0 Å². The van der Waals surface area contributed by atoms with E-state index in [-0.39, 0.29) is 29.9 Å². The van der Waals surface area contributed by atoms with Gasteiger partial charge >= 0.3 is 0 Å². The Morgan fingerprint density at radius 2 is 1.87 bits per heavy atom. The summed E-state index contributed by atoms with van der Waals surface area (Å²) in [6.45, 7) is 1.98. The van der Waals surface area contributed by atoms with Crippen LogP contribution in [-0.4, -0.2) is 35.1 Å². The van der Waals surface area contributed by atoms with Gasteiger partial charge in [-0.2, -0.15) is 0 Å². The lowest BCUT2D eigenvalue weighted by atomic mass is 10.1. The first-order valence-electron chi connectivity index (χ1n) is 8.26. The number of Topliss-reactive ketones (excluding diaryl/α,β-unsaturated/α-hetero) is 1. The molecule has 1 aromatic rings. The number of anilines is 1. The number of carbonyl (C=O) groups excluding carboxylic acids is 3. The minimum atomic E-state index is -0.330. The molecule has 5 nitrogen and oxygen atoms in total. The Labute approximate surface area is 136 Å². The molecule has 0 radical (unpaired) electrons. The Morgan fingerprint density at radius 3 is 2.57 bits per heavy atom. The summed E-state index contributed by atoms with van der Waals surface area (Å²) < 4.78 is 0. The zero-order chi connectivity index (χ0) is 16.4. The van der Waals surface area contributed by atoms with Gasteiger partial charge in [-0.3, -0.25) is 14.4 Å². The van der Waals surface area contributed by atoms with Crippen LogP contribution in [-0.2, 0) is 9.59 Å². The number of hydrogen-bond donors (Lipinski definition) is 1. The third-order valence-electron chi connectivity index (χ3n) is 4.86. The van der Waals surface area contributed by atoms with Crippen molar-refractivity contribution in [2.24, 2.45) is 5.92 Å². The highest BCUT2D eigenvalue weighted by Gasteiger charge is 2.38. The van der Waals surface area contributed by atoms with Crippen LogP contribution in [0.5, 0.6) is 0 Å². The number of likely N-dealkylation sites (tertiary alicyclic amines) is 1. The van der Waals surface area contributed by atoms with E-state index < -0.39 is 0 Å². The number of carbonyl (C=O) groups is 3. The van der Waals surface area contributed by atoms with Gasteiger partial charge in [0.05, 0.1) is 11.6 Å². The number of rotatable bonds is 4. The normalized spacial score (nSPS) is 21.7. The highest BCUT2D eigenvalue weighted by molar-refractivity contribution is 6.05. The molecule has 2 amide bonds. The number of nitrogens with one attached hydrogen (secondary N) is 1. The second kappa shape index (κ2) is 6.52. The summed E-state index contributed by atoms with van der Waals surface area (Å²) in [5.74, 6) is -0.511. The molecule has 1 aromatic carbocycles. The molecule has 1 heterocycles. The molecule has 1 saturated heterocycles. The highest BCUT2D eigenvalue weighted by atomic mass is 16.2. The first-order valence-corrected chi connectivity index (χ1v) is 8.26. The SMILES string of the molecule is CC(=O)c1ccccc1NC(=O)[C@H]1CC(=O)N(C2CCCC2)C1. The maximum Gasteiger partial charge on any atom is 0.229 e. The minimum absolute atomic E-state index is 0.0805. The molecule has 1 aliphatic heterocycles. The first-order chi connectivity index (χ1) is 11.1. The van der Waals surface area contributed by atoms with Gasteiger partial charge in [-0.05, 0) is 31.9 Å². The summed E-state index contributed by atoms with van der Waals surface area (Å²) in [7, 11) is 0. The fourth-order valence-electron chi connectivity index (χ4n) is 3.61. The predicted molar refractivity (Wildman–Crippen MR) is 87.2 cm³/mol. The average molecular weight is 314 g/mol. The Kier molecular flexibility index (Phi) is 4.46. The first kappa shape index (κ1) is 15.7. The zero-order valence-corrected chi connectivity index (χ0v) is 13.4. The molecule has 5 heteroatoms. The van der Waals surface area contributed by atoms with E-state index in [2.05, 4.69) is 5.32 Å². The van der Waals surface area contributed by atoms with E-state index in [1.165, 1.54) is 6.92 Å². The van der Waals surface area contributed by atoms with Gasteiger partial charge < -0.3 is 10.2 Å². The number of para-hydroxylation sites is 1. The topological polar surface area (TPSA) is 66.5 Å². The van der Waals surface area contributed by atoms with Crippen molar-refractivity contribution in [3.8, 4) is 0 Å². The van der Waals surface area contributed by atoms with E-state index in [0.29, 0.717) is 23.8 Å². The number of amides is 2. The third-order valence-corrected chi connectivity index (χ3v) is 4.86. The van der Waals surface area contributed by atoms with Crippen LogP contribution >= 0.6 is 0 Å². The number of hydrogen-bond acceptors (Lipinski definition) is 3. The molecule has 1 N–H and O–H groups in total. The Morgan fingerprint density at radius 1 is 1.17 bits per heavy atom. The number of nitrogens with zero attached hydrogens (tertiary/aromatic N) is 1. The molecular weight excluding hydrogens is 292 g/mol. The summed E-state index contributed by atoms with van der Waals surface area (Å²) in [6.07, 6.45) is 4.69. The molecular formula is C18H22N2O3. The van der Waals surface area contributed by atoms with Crippen LogP contribution < -0.4 is 5.32 Å². The van der Waals surface area contributed by atoms with Crippen LogP contribution in [0.25, 0.3) is 0 Å². The van der Waals surface area contributed by atoms with Crippen LogP contribution in [0.3, 0.4) is 0 Å². The van der Waals surface area contributed by atoms with Crippen molar-refractivity contribution in [2.75, 3.05) is 11.9 Å². The lowest BCUT2D eigenvalue weighted by molar-refractivity contribution is -0.129. The van der Waals surface area contributed by atoms with E-state index in [0.717, 1.165) is 25.7 Å². The van der Waals surface area contributed by atoms with Gasteiger partial charge in [-0.1, -0.05) is 25.0 Å². The molecule has 122 valence electrons. The fraction of sp³-hybridized carbons (Fsp3) is 0.500. The molecule has 2 fully saturated rings. The molecule has 1 saturated carbocycles. The molecule has 1 atom stereocenters. The maximum atomic E-state index is 12.5. The predicted octanol–water partition coefficient (Wildman–Crippen LogP) is 2.62. The fourth-order valence-corrected chi connectivity index (χ4v) is 3.61. The van der Waals surface area contributed by atoms with E-state index >= 15 is 0 Å². The summed E-state index contributed by atoms with van der Waals surface area (Å²) >= 11 is 0. The van der Waals surface area contributed by atoms with Crippen LogP contribution in [0.4, 0.5) is 5.69 Å². The van der Waals surface area contributed by atoms with E-state index in [1.807, 2.05) is 4.90 Å². The highest BCUT2D eigenvalue weighted by Crippen LogP contribution is 2.30. The van der Waals surface area contributed by atoms with E-state index in [4.69, 9.17) is 0 Å². The lowest BCUT2D eigenvalue weighted by Gasteiger charge is -2.24. The summed E-state index contributed by atoms with van der Waals surface area (Å²) in [5, 5.41) is 2.83. The van der Waals surface area contributed by atoms with Crippen LogP contribution in [0, 0.1) is 5.92 Å². The largest absolute Gasteiger partial charge is 0.339 e. The van der Waals surface area contributed by atoms with Crippen molar-refractivity contribution in [2.45, 2.75) is 45.1 Å². The van der Waals surface area contributed by atoms with Gasteiger partial charge in [0.25, 0.3) is 0 Å². The van der Waals surface area contributed by atoms with Gasteiger partial charge in [0.15, 0.2) is 5.78 Å². The number of benzene rings is 1. The summed E-state index contributed by atoms with van der Waals surface area (Å²) in [5.41, 5.74) is 1.02. The maximum absolute atomic E-state index is 12.5. The smallest absolute Gasteiger partial charge is 0.229 e.